The predicted octanol–water partition coefficient (Wildman–Crippen LogP) is 1.89. The second-order valence-electron chi connectivity index (χ2n) is 3.67. The molecule has 1 rings (SSSR count). The molecule has 2 N–H and O–H groups in total. The van der Waals surface area contributed by atoms with E-state index in [-0.39, 0.29) is 6.10 Å². The van der Waals surface area contributed by atoms with Crippen molar-refractivity contribution in [1.29, 1.82) is 0 Å². The lowest BCUT2D eigenvalue weighted by Gasteiger charge is -2.10. The minimum absolute atomic E-state index is 0.307. The summed E-state index contributed by atoms with van der Waals surface area (Å²) in [5, 5.41) is 12.3. The molecule has 1 unspecified atom stereocenters. The summed E-state index contributed by atoms with van der Waals surface area (Å²) in [5.74, 6) is 0.909. The van der Waals surface area contributed by atoms with Gasteiger partial charge in [-0.1, -0.05) is 6.07 Å². The molecule has 0 saturated heterocycles. The molecule has 0 spiro atoms. The van der Waals surface area contributed by atoms with Gasteiger partial charge in [-0.05, 0) is 30.9 Å². The van der Waals surface area contributed by atoms with E-state index in [9.17, 15) is 0 Å². The second kappa shape index (κ2) is 6.78. The number of benzene rings is 1. The average Bonchev–Trinajstić information content (AvgIpc) is 2.28. The maximum atomic E-state index is 9.13. The molecule has 1 atom stereocenters. The standard InChI is InChI=1S/C12H19NO2S/c1-9(14)7-13-8-10-4-5-11(15-2)12(6-10)16-3/h4-6,9,13-14H,7-8H2,1-3H3. The fraction of sp³-hybridized carbons (Fsp3) is 0.500. The summed E-state index contributed by atoms with van der Waals surface area (Å²) in [5.41, 5.74) is 1.20. The Hall–Kier alpha value is -0.710. The van der Waals surface area contributed by atoms with Crippen molar-refractivity contribution in [2.45, 2.75) is 24.5 Å². The topological polar surface area (TPSA) is 41.5 Å². The first-order valence-corrected chi connectivity index (χ1v) is 6.49. The van der Waals surface area contributed by atoms with Crippen molar-refractivity contribution in [3.05, 3.63) is 23.8 Å². The summed E-state index contributed by atoms with van der Waals surface area (Å²) in [6, 6.07) is 6.12. The third-order valence-corrected chi connectivity index (χ3v) is 2.98. The van der Waals surface area contributed by atoms with Gasteiger partial charge in [-0.25, -0.2) is 0 Å². The summed E-state index contributed by atoms with van der Waals surface area (Å²) >= 11 is 1.67. The number of thioether (sulfide) groups is 1. The van der Waals surface area contributed by atoms with Gasteiger partial charge in [0.15, 0.2) is 0 Å². The molecule has 0 radical (unpaired) electrons. The molecule has 0 aliphatic carbocycles. The quantitative estimate of drug-likeness (QED) is 0.746. The number of methoxy groups -OCH3 is 1. The zero-order chi connectivity index (χ0) is 12.0. The monoisotopic (exact) mass is 241 g/mol. The van der Waals surface area contributed by atoms with Gasteiger partial charge in [0.1, 0.15) is 5.75 Å². The lowest BCUT2D eigenvalue weighted by atomic mass is 10.2. The minimum Gasteiger partial charge on any atom is -0.496 e. The van der Waals surface area contributed by atoms with Crippen molar-refractivity contribution in [1.82, 2.24) is 5.32 Å². The molecule has 90 valence electrons. The predicted molar refractivity (Wildman–Crippen MR) is 68.2 cm³/mol. The molecule has 4 heteroatoms. The van der Waals surface area contributed by atoms with E-state index in [1.165, 1.54) is 5.56 Å². The van der Waals surface area contributed by atoms with Crippen molar-refractivity contribution < 1.29 is 9.84 Å². The molecule has 16 heavy (non-hydrogen) atoms. The first kappa shape index (κ1) is 13.4. The first-order valence-electron chi connectivity index (χ1n) is 5.27. The van der Waals surface area contributed by atoms with Gasteiger partial charge in [0.05, 0.1) is 13.2 Å². The van der Waals surface area contributed by atoms with Crippen LogP contribution in [0.3, 0.4) is 0 Å². The summed E-state index contributed by atoms with van der Waals surface area (Å²) in [4.78, 5) is 1.14. The van der Waals surface area contributed by atoms with Crippen molar-refractivity contribution in [2.75, 3.05) is 19.9 Å². The maximum Gasteiger partial charge on any atom is 0.132 e. The van der Waals surface area contributed by atoms with Gasteiger partial charge in [-0.15, -0.1) is 11.8 Å². The van der Waals surface area contributed by atoms with Crippen LogP contribution in [-0.4, -0.2) is 31.1 Å². The average molecular weight is 241 g/mol. The normalized spacial score (nSPS) is 12.5. The van der Waals surface area contributed by atoms with Gasteiger partial charge >= 0.3 is 0 Å². The van der Waals surface area contributed by atoms with Crippen LogP contribution in [0.15, 0.2) is 23.1 Å². The van der Waals surface area contributed by atoms with Gasteiger partial charge in [0.2, 0.25) is 0 Å². The molecule has 0 bridgehead atoms. The Bertz CT molecular complexity index is 329. The molecule has 0 aliphatic rings. The Morgan fingerprint density at radius 1 is 1.50 bits per heavy atom. The molecular formula is C12H19NO2S. The van der Waals surface area contributed by atoms with Gasteiger partial charge in [0, 0.05) is 18.0 Å². The van der Waals surface area contributed by atoms with Gasteiger partial charge in [0.25, 0.3) is 0 Å². The zero-order valence-electron chi connectivity index (χ0n) is 9.99. The van der Waals surface area contributed by atoms with Crippen LogP contribution in [0.5, 0.6) is 5.75 Å². The molecule has 1 aromatic rings. The van der Waals surface area contributed by atoms with Crippen molar-refractivity contribution in [3.63, 3.8) is 0 Å². The molecular weight excluding hydrogens is 222 g/mol. The van der Waals surface area contributed by atoms with Crippen molar-refractivity contribution >= 4 is 11.8 Å². The third-order valence-electron chi connectivity index (χ3n) is 2.22. The summed E-state index contributed by atoms with van der Waals surface area (Å²) in [6.45, 7) is 3.15. The number of hydrogen-bond donors (Lipinski definition) is 2. The maximum absolute atomic E-state index is 9.13. The van der Waals surface area contributed by atoms with E-state index in [2.05, 4.69) is 11.4 Å². The zero-order valence-corrected chi connectivity index (χ0v) is 10.8. The highest BCUT2D eigenvalue weighted by molar-refractivity contribution is 7.98. The Kier molecular flexibility index (Phi) is 5.66. The number of nitrogens with one attached hydrogen (secondary N) is 1. The van der Waals surface area contributed by atoms with E-state index < -0.39 is 0 Å². The Morgan fingerprint density at radius 2 is 2.25 bits per heavy atom. The van der Waals surface area contributed by atoms with Crippen LogP contribution in [0.25, 0.3) is 0 Å². The molecule has 0 aromatic heterocycles. The number of hydrogen-bond acceptors (Lipinski definition) is 4. The highest BCUT2D eigenvalue weighted by Gasteiger charge is 2.03. The number of aliphatic hydroxyl groups is 1. The van der Waals surface area contributed by atoms with Crippen molar-refractivity contribution in [2.24, 2.45) is 0 Å². The molecule has 0 aliphatic heterocycles. The lowest BCUT2D eigenvalue weighted by molar-refractivity contribution is 0.191. The number of ether oxygens (including phenoxy) is 1. The van der Waals surface area contributed by atoms with E-state index in [4.69, 9.17) is 9.84 Å². The fourth-order valence-corrected chi connectivity index (χ4v) is 2.04. The fourth-order valence-electron chi connectivity index (χ4n) is 1.42. The second-order valence-corrected chi connectivity index (χ2v) is 4.52. The van der Waals surface area contributed by atoms with Crippen LogP contribution < -0.4 is 10.1 Å². The largest absolute Gasteiger partial charge is 0.496 e. The van der Waals surface area contributed by atoms with Crippen LogP contribution in [0, 0.1) is 0 Å². The van der Waals surface area contributed by atoms with E-state index in [0.29, 0.717) is 6.54 Å². The molecule has 0 saturated carbocycles. The summed E-state index contributed by atoms with van der Waals surface area (Å²) in [6.07, 6.45) is 1.73. The summed E-state index contributed by atoms with van der Waals surface area (Å²) in [7, 11) is 1.68. The van der Waals surface area contributed by atoms with Gasteiger partial charge in [-0.2, -0.15) is 0 Å². The van der Waals surface area contributed by atoms with E-state index in [1.807, 2.05) is 18.4 Å². The van der Waals surface area contributed by atoms with Crippen LogP contribution in [-0.2, 0) is 6.54 Å². The van der Waals surface area contributed by atoms with E-state index in [1.54, 1.807) is 25.8 Å². The van der Waals surface area contributed by atoms with Gasteiger partial charge < -0.3 is 15.2 Å². The Balaban J connectivity index is 2.60. The van der Waals surface area contributed by atoms with Crippen LogP contribution >= 0.6 is 11.8 Å². The highest BCUT2D eigenvalue weighted by Crippen LogP contribution is 2.28. The SMILES string of the molecule is COc1ccc(CNCC(C)O)cc1SC. The molecule has 3 nitrogen and oxygen atoms in total. The minimum atomic E-state index is -0.307. The van der Waals surface area contributed by atoms with Crippen LogP contribution in [0.2, 0.25) is 0 Å². The van der Waals surface area contributed by atoms with Crippen LogP contribution in [0.1, 0.15) is 12.5 Å². The highest BCUT2D eigenvalue weighted by atomic mass is 32.2. The number of rotatable bonds is 6. The molecule has 0 amide bonds. The first-order chi connectivity index (χ1) is 7.67. The third kappa shape index (κ3) is 4.04. The lowest BCUT2D eigenvalue weighted by Crippen LogP contribution is -2.23. The van der Waals surface area contributed by atoms with Crippen molar-refractivity contribution in [3.8, 4) is 5.75 Å². The smallest absolute Gasteiger partial charge is 0.132 e. The van der Waals surface area contributed by atoms with E-state index in [0.717, 1.165) is 17.2 Å². The van der Waals surface area contributed by atoms with Crippen LogP contribution in [0.4, 0.5) is 0 Å². The summed E-state index contributed by atoms with van der Waals surface area (Å²) < 4.78 is 5.25. The molecule has 0 fully saturated rings. The molecule has 1 aromatic carbocycles. The number of aliphatic hydroxyl groups excluding tert-OH is 1. The molecule has 0 heterocycles. The Labute approximate surface area is 101 Å². The Morgan fingerprint density at radius 3 is 2.81 bits per heavy atom. The van der Waals surface area contributed by atoms with E-state index >= 15 is 0 Å². The van der Waals surface area contributed by atoms with Gasteiger partial charge in [-0.3, -0.25) is 0 Å².